The summed E-state index contributed by atoms with van der Waals surface area (Å²) < 4.78 is 5.34. The molecule has 0 aromatic heterocycles. The third kappa shape index (κ3) is 6.59. The van der Waals surface area contributed by atoms with Gasteiger partial charge in [-0.15, -0.1) is 0 Å². The van der Waals surface area contributed by atoms with Crippen molar-refractivity contribution < 1.29 is 14.3 Å². The Morgan fingerprint density at radius 3 is 2.53 bits per heavy atom. The van der Waals surface area contributed by atoms with Crippen molar-refractivity contribution in [2.45, 2.75) is 45.1 Å². The number of piperazine rings is 1. The number of fused-ring (bicyclic) bond motifs is 1. The van der Waals surface area contributed by atoms with E-state index in [1.54, 1.807) is 0 Å². The predicted molar refractivity (Wildman–Crippen MR) is 142 cm³/mol. The lowest BCUT2D eigenvalue weighted by molar-refractivity contribution is -0.145. The molecule has 7 heteroatoms. The highest BCUT2D eigenvalue weighted by Gasteiger charge is 2.29. The Morgan fingerprint density at radius 2 is 1.81 bits per heavy atom. The lowest BCUT2D eigenvalue weighted by atomic mass is 9.77. The minimum atomic E-state index is -0.284. The van der Waals surface area contributed by atoms with Gasteiger partial charge in [0, 0.05) is 43.3 Å². The number of aryl methyl sites for hydroxylation is 1. The van der Waals surface area contributed by atoms with Crippen LogP contribution in [-0.2, 0) is 16.0 Å². The van der Waals surface area contributed by atoms with Gasteiger partial charge in [0.05, 0.1) is 19.2 Å². The minimum absolute atomic E-state index is 0.0239. The molecule has 0 amide bonds. The van der Waals surface area contributed by atoms with Gasteiger partial charge >= 0.3 is 5.97 Å². The number of ketones is 1. The topological polar surface area (TPSA) is 88.2 Å². The van der Waals surface area contributed by atoms with Crippen LogP contribution in [0.1, 0.15) is 71.3 Å². The van der Waals surface area contributed by atoms with Crippen LogP contribution in [0.25, 0.3) is 0 Å². The van der Waals surface area contributed by atoms with E-state index < -0.39 is 0 Å². The van der Waals surface area contributed by atoms with Gasteiger partial charge < -0.3 is 15.4 Å². The van der Waals surface area contributed by atoms with Gasteiger partial charge in [0.1, 0.15) is 0 Å². The standard InChI is InChI=1S/C29H38N4O3/c1-3-4-17-36-27(34)19-24-11-9-22-10-12-25(18-26(22)28(24)30)29(35)23-7-5-21(6-8-23)20-31-33-15-13-32(2)14-16-33/h5-8,10,12,18,20,24,28H,3-4,9,11,13-17,19,30H2,1-2H3. The number of hydrogen-bond acceptors (Lipinski definition) is 7. The molecule has 192 valence electrons. The summed E-state index contributed by atoms with van der Waals surface area (Å²) >= 11 is 0. The number of benzene rings is 2. The summed E-state index contributed by atoms with van der Waals surface area (Å²) in [4.78, 5) is 27.8. The van der Waals surface area contributed by atoms with Crippen LogP contribution in [0.3, 0.4) is 0 Å². The molecule has 36 heavy (non-hydrogen) atoms. The SMILES string of the molecule is CCCCOC(=O)CC1CCc2ccc(C(=O)c3ccc(C=NN4CCN(C)CC4)cc3)cc2C1N. The summed E-state index contributed by atoms with van der Waals surface area (Å²) in [5.74, 6) is -0.194. The predicted octanol–water partition coefficient (Wildman–Crippen LogP) is 3.79. The normalized spacial score (nSPS) is 20.4. The van der Waals surface area contributed by atoms with Crippen molar-refractivity contribution in [2.24, 2.45) is 16.8 Å². The van der Waals surface area contributed by atoms with Crippen LogP contribution < -0.4 is 5.73 Å². The molecule has 0 radical (unpaired) electrons. The third-order valence-electron chi connectivity index (χ3n) is 7.27. The van der Waals surface area contributed by atoms with Crippen molar-refractivity contribution in [1.29, 1.82) is 0 Å². The number of nitrogens with two attached hydrogens (primary N) is 1. The molecule has 1 heterocycles. The first kappa shape index (κ1) is 26.0. The van der Waals surface area contributed by atoms with E-state index in [9.17, 15) is 9.59 Å². The molecule has 2 atom stereocenters. The first-order valence-electron chi connectivity index (χ1n) is 13.1. The molecule has 1 saturated heterocycles. The molecule has 7 nitrogen and oxygen atoms in total. The average molecular weight is 491 g/mol. The fourth-order valence-electron chi connectivity index (χ4n) is 4.83. The van der Waals surface area contributed by atoms with E-state index in [4.69, 9.17) is 10.5 Å². The number of rotatable bonds is 9. The zero-order valence-electron chi connectivity index (χ0n) is 21.5. The summed E-state index contributed by atoms with van der Waals surface area (Å²) in [5, 5.41) is 6.65. The van der Waals surface area contributed by atoms with E-state index in [0.29, 0.717) is 24.2 Å². The second-order valence-corrected chi connectivity index (χ2v) is 9.97. The summed E-state index contributed by atoms with van der Waals surface area (Å²) in [5.41, 5.74) is 10.9. The number of carbonyl (C=O) groups excluding carboxylic acids is 2. The highest BCUT2D eigenvalue weighted by Crippen LogP contribution is 2.35. The first-order chi connectivity index (χ1) is 17.4. The van der Waals surface area contributed by atoms with Gasteiger partial charge in [0.15, 0.2) is 5.78 Å². The molecule has 0 spiro atoms. The van der Waals surface area contributed by atoms with Crippen LogP contribution in [0.4, 0.5) is 0 Å². The highest BCUT2D eigenvalue weighted by atomic mass is 16.5. The third-order valence-corrected chi connectivity index (χ3v) is 7.27. The quantitative estimate of drug-likeness (QED) is 0.249. The Balaban J connectivity index is 1.39. The smallest absolute Gasteiger partial charge is 0.306 e. The molecule has 1 fully saturated rings. The molecule has 2 N–H and O–H groups in total. The van der Waals surface area contributed by atoms with Gasteiger partial charge in [0.25, 0.3) is 0 Å². The van der Waals surface area contributed by atoms with Crippen molar-refractivity contribution in [3.8, 4) is 0 Å². The number of nitrogens with zero attached hydrogens (tertiary/aromatic N) is 3. The lowest BCUT2D eigenvalue weighted by Gasteiger charge is -2.31. The Bertz CT molecular complexity index is 1070. The maximum Gasteiger partial charge on any atom is 0.306 e. The van der Waals surface area contributed by atoms with Crippen LogP contribution in [0.5, 0.6) is 0 Å². The van der Waals surface area contributed by atoms with Crippen molar-refractivity contribution in [3.05, 3.63) is 70.3 Å². The molecule has 0 saturated carbocycles. The summed E-state index contributed by atoms with van der Waals surface area (Å²) in [7, 11) is 2.12. The van der Waals surface area contributed by atoms with Gasteiger partial charge in [-0.2, -0.15) is 5.10 Å². The Hall–Kier alpha value is -3.03. The largest absolute Gasteiger partial charge is 0.466 e. The molecule has 1 aliphatic carbocycles. The highest BCUT2D eigenvalue weighted by molar-refractivity contribution is 6.09. The van der Waals surface area contributed by atoms with Gasteiger partial charge in [-0.05, 0) is 55.0 Å². The number of esters is 1. The number of ether oxygens (including phenoxy) is 1. The summed E-state index contributed by atoms with van der Waals surface area (Å²) in [6.07, 6.45) is 5.74. The number of carbonyl (C=O) groups is 2. The Labute approximate surface area is 214 Å². The molecule has 2 unspecified atom stereocenters. The Morgan fingerprint density at radius 1 is 1.08 bits per heavy atom. The van der Waals surface area contributed by atoms with E-state index in [1.807, 2.05) is 48.7 Å². The van der Waals surface area contributed by atoms with Crippen molar-refractivity contribution >= 4 is 18.0 Å². The lowest BCUT2D eigenvalue weighted by Crippen LogP contribution is -2.41. The van der Waals surface area contributed by atoms with E-state index in [0.717, 1.165) is 68.6 Å². The molecule has 2 aromatic rings. The molecular weight excluding hydrogens is 452 g/mol. The van der Waals surface area contributed by atoms with E-state index in [2.05, 4.69) is 29.0 Å². The average Bonchev–Trinajstić information content (AvgIpc) is 2.90. The van der Waals surface area contributed by atoms with Crippen molar-refractivity contribution in [3.63, 3.8) is 0 Å². The maximum absolute atomic E-state index is 13.2. The monoisotopic (exact) mass is 490 g/mol. The second-order valence-electron chi connectivity index (χ2n) is 9.97. The van der Waals surface area contributed by atoms with E-state index in [-0.39, 0.29) is 23.7 Å². The van der Waals surface area contributed by atoms with Gasteiger partial charge in [-0.3, -0.25) is 14.6 Å². The van der Waals surface area contributed by atoms with Crippen LogP contribution >= 0.6 is 0 Å². The summed E-state index contributed by atoms with van der Waals surface area (Å²) in [6, 6.07) is 13.1. The fraction of sp³-hybridized carbons (Fsp3) is 0.483. The molecule has 0 bridgehead atoms. The minimum Gasteiger partial charge on any atom is -0.466 e. The van der Waals surface area contributed by atoms with Crippen LogP contribution in [-0.4, -0.2) is 67.7 Å². The van der Waals surface area contributed by atoms with Crippen LogP contribution in [0.15, 0.2) is 47.6 Å². The number of hydrogen-bond donors (Lipinski definition) is 1. The van der Waals surface area contributed by atoms with Gasteiger partial charge in [0.2, 0.25) is 0 Å². The number of likely N-dealkylation sites (N-methyl/N-ethyl adjacent to an activating group) is 1. The Kier molecular flexibility index (Phi) is 8.88. The van der Waals surface area contributed by atoms with Crippen LogP contribution in [0, 0.1) is 5.92 Å². The van der Waals surface area contributed by atoms with Crippen LogP contribution in [0.2, 0.25) is 0 Å². The zero-order chi connectivity index (χ0) is 25.5. The van der Waals surface area contributed by atoms with Gasteiger partial charge in [-0.1, -0.05) is 49.7 Å². The van der Waals surface area contributed by atoms with Gasteiger partial charge in [-0.25, -0.2) is 0 Å². The second kappa shape index (κ2) is 12.3. The molecule has 2 aliphatic rings. The molecule has 1 aliphatic heterocycles. The number of hydrazone groups is 1. The zero-order valence-corrected chi connectivity index (χ0v) is 21.5. The molecule has 4 rings (SSSR count). The van der Waals surface area contributed by atoms with E-state index in [1.165, 1.54) is 0 Å². The van der Waals surface area contributed by atoms with E-state index >= 15 is 0 Å². The summed E-state index contributed by atoms with van der Waals surface area (Å²) in [6.45, 7) is 6.40. The molecule has 2 aromatic carbocycles. The fourth-order valence-corrected chi connectivity index (χ4v) is 4.83. The van der Waals surface area contributed by atoms with Crippen molar-refractivity contribution in [1.82, 2.24) is 9.91 Å². The number of unbranched alkanes of at least 4 members (excludes halogenated alkanes) is 1. The molecular formula is C29H38N4O3. The van der Waals surface area contributed by atoms with Crippen molar-refractivity contribution in [2.75, 3.05) is 39.8 Å². The maximum atomic E-state index is 13.2. The first-order valence-corrected chi connectivity index (χ1v) is 13.1.